The van der Waals surface area contributed by atoms with Crippen molar-refractivity contribution in [1.29, 1.82) is 0 Å². The Morgan fingerprint density at radius 3 is 1.56 bits per heavy atom. The molecule has 0 spiro atoms. The fraction of sp³-hybridized carbons (Fsp3) is 0.143. The summed E-state index contributed by atoms with van der Waals surface area (Å²) in [5.41, 5.74) is 0. The molecular formula is C14H14FO2P. The lowest BCUT2D eigenvalue weighted by atomic mass is 10.3. The van der Waals surface area contributed by atoms with Crippen molar-refractivity contribution in [1.82, 2.24) is 0 Å². The second-order valence-corrected chi connectivity index (χ2v) is 5.15. The van der Waals surface area contributed by atoms with Gasteiger partial charge >= 0.3 is 0 Å². The van der Waals surface area contributed by atoms with Crippen LogP contribution in [-0.2, 0) is 0 Å². The second-order valence-electron chi connectivity index (χ2n) is 3.62. The lowest BCUT2D eigenvalue weighted by Crippen LogP contribution is -2.13. The number of hydrogen-bond donors (Lipinski definition) is 0. The standard InChI is InChI=1S/C14H14FO2P/c1-16-11-7-3-5-9-13(11)18(15)14-10-6-4-8-12(14)17-2/h3-10H,1-2H3. The molecule has 0 N–H and O–H groups in total. The van der Waals surface area contributed by atoms with Crippen LogP contribution in [0.4, 0.5) is 4.20 Å². The summed E-state index contributed by atoms with van der Waals surface area (Å²) < 4.78 is 25.1. The molecule has 0 atom stereocenters. The minimum Gasteiger partial charge on any atom is -0.496 e. The minimum atomic E-state index is -1.97. The molecule has 94 valence electrons. The molecule has 0 saturated heterocycles. The maximum atomic E-state index is 14.7. The maximum absolute atomic E-state index is 14.7. The summed E-state index contributed by atoms with van der Waals surface area (Å²) in [4.78, 5) is 0. The Bertz CT molecular complexity index is 483. The van der Waals surface area contributed by atoms with Crippen LogP contribution in [0.25, 0.3) is 0 Å². The Morgan fingerprint density at radius 1 is 0.778 bits per heavy atom. The van der Waals surface area contributed by atoms with Crippen LogP contribution in [0.2, 0.25) is 0 Å². The van der Waals surface area contributed by atoms with Gasteiger partial charge in [-0.2, -0.15) is 0 Å². The number of methoxy groups -OCH3 is 2. The Hall–Kier alpha value is -1.60. The van der Waals surface area contributed by atoms with Crippen molar-refractivity contribution in [3.05, 3.63) is 48.5 Å². The van der Waals surface area contributed by atoms with E-state index in [4.69, 9.17) is 9.47 Å². The number of para-hydroxylation sites is 2. The van der Waals surface area contributed by atoms with Crippen LogP contribution in [0, 0.1) is 0 Å². The zero-order valence-electron chi connectivity index (χ0n) is 10.3. The highest BCUT2D eigenvalue weighted by Gasteiger charge is 2.20. The van der Waals surface area contributed by atoms with E-state index in [-0.39, 0.29) is 0 Å². The van der Waals surface area contributed by atoms with Crippen molar-refractivity contribution < 1.29 is 13.7 Å². The molecule has 0 radical (unpaired) electrons. The Morgan fingerprint density at radius 2 is 1.17 bits per heavy atom. The van der Waals surface area contributed by atoms with Crippen LogP contribution >= 0.6 is 8.23 Å². The van der Waals surface area contributed by atoms with E-state index in [1.807, 2.05) is 24.3 Å². The molecular weight excluding hydrogens is 250 g/mol. The average molecular weight is 264 g/mol. The molecule has 2 rings (SSSR count). The van der Waals surface area contributed by atoms with E-state index in [0.29, 0.717) is 22.1 Å². The van der Waals surface area contributed by atoms with E-state index in [1.54, 1.807) is 38.5 Å². The summed E-state index contributed by atoms with van der Waals surface area (Å²) in [6, 6.07) is 14.3. The van der Waals surface area contributed by atoms with Crippen molar-refractivity contribution in [3.63, 3.8) is 0 Å². The van der Waals surface area contributed by atoms with Gasteiger partial charge in [-0.15, -0.1) is 0 Å². The smallest absolute Gasteiger partial charge is 0.152 e. The van der Waals surface area contributed by atoms with Crippen molar-refractivity contribution in [2.75, 3.05) is 14.2 Å². The van der Waals surface area contributed by atoms with Gasteiger partial charge in [-0.1, -0.05) is 24.3 Å². The largest absolute Gasteiger partial charge is 0.496 e. The summed E-state index contributed by atoms with van der Waals surface area (Å²) in [5.74, 6) is 1.13. The molecule has 0 aromatic heterocycles. The van der Waals surface area contributed by atoms with Gasteiger partial charge in [0.25, 0.3) is 0 Å². The van der Waals surface area contributed by atoms with Gasteiger partial charge < -0.3 is 9.47 Å². The first kappa shape index (κ1) is 12.8. The van der Waals surface area contributed by atoms with Gasteiger partial charge in [0.1, 0.15) is 11.5 Å². The Balaban J connectivity index is 2.44. The number of halogens is 1. The first-order valence-electron chi connectivity index (χ1n) is 5.50. The first-order valence-corrected chi connectivity index (χ1v) is 6.73. The molecule has 0 aliphatic carbocycles. The summed E-state index contributed by atoms with van der Waals surface area (Å²) in [6.45, 7) is 0. The normalized spacial score (nSPS) is 10.4. The van der Waals surface area contributed by atoms with E-state index >= 15 is 0 Å². The van der Waals surface area contributed by atoms with Gasteiger partial charge in [-0.3, -0.25) is 0 Å². The molecule has 4 heteroatoms. The van der Waals surface area contributed by atoms with Gasteiger partial charge in [0, 0.05) is 0 Å². The molecule has 0 bridgehead atoms. The van der Waals surface area contributed by atoms with Crippen molar-refractivity contribution in [2.45, 2.75) is 0 Å². The van der Waals surface area contributed by atoms with Crippen molar-refractivity contribution in [3.8, 4) is 11.5 Å². The molecule has 0 amide bonds. The van der Waals surface area contributed by atoms with Gasteiger partial charge in [-0.05, 0) is 24.3 Å². The summed E-state index contributed by atoms with van der Waals surface area (Å²) in [6.07, 6.45) is 0. The maximum Gasteiger partial charge on any atom is 0.152 e. The molecule has 0 aliphatic heterocycles. The molecule has 2 nitrogen and oxygen atoms in total. The quantitative estimate of drug-likeness (QED) is 0.790. The van der Waals surface area contributed by atoms with E-state index in [2.05, 4.69) is 0 Å². The molecule has 0 aliphatic rings. The van der Waals surface area contributed by atoms with Crippen LogP contribution in [0.3, 0.4) is 0 Å². The third-order valence-electron chi connectivity index (χ3n) is 2.59. The topological polar surface area (TPSA) is 18.5 Å². The Labute approximate surface area is 107 Å². The zero-order valence-corrected chi connectivity index (χ0v) is 11.2. The van der Waals surface area contributed by atoms with Gasteiger partial charge in [-0.25, -0.2) is 4.20 Å². The van der Waals surface area contributed by atoms with Gasteiger partial charge in [0.15, 0.2) is 8.23 Å². The molecule has 0 heterocycles. The van der Waals surface area contributed by atoms with Gasteiger partial charge in [0.05, 0.1) is 24.8 Å². The van der Waals surface area contributed by atoms with Crippen molar-refractivity contribution in [2.24, 2.45) is 0 Å². The fourth-order valence-corrected chi connectivity index (χ4v) is 3.13. The van der Waals surface area contributed by atoms with Gasteiger partial charge in [0.2, 0.25) is 0 Å². The van der Waals surface area contributed by atoms with Crippen molar-refractivity contribution >= 4 is 18.8 Å². The SMILES string of the molecule is COc1ccccc1P(F)c1ccccc1OC. The second kappa shape index (κ2) is 5.83. The lowest BCUT2D eigenvalue weighted by molar-refractivity contribution is 0.417. The fourth-order valence-electron chi connectivity index (χ4n) is 1.71. The molecule has 2 aromatic rings. The number of rotatable bonds is 4. The highest BCUT2D eigenvalue weighted by atomic mass is 31.2. The number of ether oxygens (including phenoxy) is 2. The van der Waals surface area contributed by atoms with E-state index in [1.165, 1.54) is 0 Å². The monoisotopic (exact) mass is 264 g/mol. The predicted molar refractivity (Wildman–Crippen MR) is 73.3 cm³/mol. The molecule has 18 heavy (non-hydrogen) atoms. The van der Waals surface area contributed by atoms with Crippen LogP contribution in [0.5, 0.6) is 11.5 Å². The third-order valence-corrected chi connectivity index (χ3v) is 4.18. The third kappa shape index (κ3) is 2.46. The zero-order chi connectivity index (χ0) is 13.0. The summed E-state index contributed by atoms with van der Waals surface area (Å²) in [7, 11) is 1.12. The summed E-state index contributed by atoms with van der Waals surface area (Å²) in [5, 5.41) is 1.14. The Kier molecular flexibility index (Phi) is 4.16. The number of benzene rings is 2. The van der Waals surface area contributed by atoms with E-state index in [0.717, 1.165) is 0 Å². The van der Waals surface area contributed by atoms with Crippen LogP contribution in [0.1, 0.15) is 0 Å². The van der Waals surface area contributed by atoms with E-state index < -0.39 is 8.23 Å². The summed E-state index contributed by atoms with van der Waals surface area (Å²) >= 11 is 0. The molecule has 2 aromatic carbocycles. The van der Waals surface area contributed by atoms with E-state index in [9.17, 15) is 4.20 Å². The predicted octanol–water partition coefficient (Wildman–Crippen LogP) is 3.02. The highest BCUT2D eigenvalue weighted by molar-refractivity contribution is 7.68. The molecule has 0 unspecified atom stereocenters. The molecule has 0 fully saturated rings. The first-order chi connectivity index (χ1) is 8.77. The highest BCUT2D eigenvalue weighted by Crippen LogP contribution is 2.41. The average Bonchev–Trinajstić information content (AvgIpc) is 2.46. The molecule has 0 saturated carbocycles. The van der Waals surface area contributed by atoms with Crippen LogP contribution in [-0.4, -0.2) is 14.2 Å². The van der Waals surface area contributed by atoms with Crippen LogP contribution < -0.4 is 20.1 Å². The van der Waals surface area contributed by atoms with Crippen LogP contribution in [0.15, 0.2) is 48.5 Å². The number of hydrogen-bond acceptors (Lipinski definition) is 2. The minimum absolute atomic E-state index is 0.567. The lowest BCUT2D eigenvalue weighted by Gasteiger charge is -2.14.